The molecular formula is C14H18N2O2S2. The fourth-order valence-corrected chi connectivity index (χ4v) is 3.40. The van der Waals surface area contributed by atoms with Crippen LogP contribution in [0.3, 0.4) is 0 Å². The highest BCUT2D eigenvalue weighted by Crippen LogP contribution is 2.28. The zero-order valence-electron chi connectivity index (χ0n) is 11.5. The van der Waals surface area contributed by atoms with Crippen LogP contribution in [0.25, 0.3) is 10.2 Å². The Balaban J connectivity index is 1.84. The van der Waals surface area contributed by atoms with Crippen LogP contribution in [0.4, 0.5) is 0 Å². The number of carbonyl (C=O) groups excluding carboxylic acids is 1. The first kappa shape index (κ1) is 15.3. The third-order valence-electron chi connectivity index (χ3n) is 3.03. The fourth-order valence-electron chi connectivity index (χ4n) is 1.51. The molecule has 108 valence electrons. The molecule has 1 heterocycles. The molecule has 2 N–H and O–H groups in total. The highest BCUT2D eigenvalue weighted by Gasteiger charge is 2.18. The Kier molecular flexibility index (Phi) is 5.01. The van der Waals surface area contributed by atoms with E-state index in [2.05, 4.69) is 10.3 Å². The number of fused-ring (bicyclic) bond motifs is 1. The van der Waals surface area contributed by atoms with E-state index >= 15 is 0 Å². The lowest BCUT2D eigenvalue weighted by atomic mass is 10.0. The maximum Gasteiger partial charge on any atom is 0.230 e. The van der Waals surface area contributed by atoms with Gasteiger partial charge in [0, 0.05) is 6.54 Å². The summed E-state index contributed by atoms with van der Waals surface area (Å²) in [5.74, 6) is 0.238. The third kappa shape index (κ3) is 4.19. The monoisotopic (exact) mass is 310 g/mol. The quantitative estimate of drug-likeness (QED) is 0.805. The van der Waals surface area contributed by atoms with Crippen LogP contribution in [0.1, 0.15) is 20.3 Å². The molecule has 6 heteroatoms. The number of aromatic nitrogens is 1. The van der Waals surface area contributed by atoms with Crippen molar-refractivity contribution in [2.24, 2.45) is 0 Å². The minimum absolute atomic E-state index is 0.0806. The van der Waals surface area contributed by atoms with Gasteiger partial charge in [-0.15, -0.1) is 11.3 Å². The molecule has 0 fully saturated rings. The summed E-state index contributed by atoms with van der Waals surface area (Å²) in [7, 11) is 0. The summed E-state index contributed by atoms with van der Waals surface area (Å²) < 4.78 is 2.02. The van der Waals surface area contributed by atoms with Crippen molar-refractivity contribution in [2.75, 3.05) is 12.3 Å². The van der Waals surface area contributed by atoms with Crippen molar-refractivity contribution in [1.29, 1.82) is 0 Å². The molecule has 0 aliphatic heterocycles. The number of hydrogen-bond donors (Lipinski definition) is 2. The molecule has 0 aliphatic carbocycles. The average Bonchev–Trinajstić information content (AvgIpc) is 2.86. The summed E-state index contributed by atoms with van der Waals surface area (Å²) in [6.45, 7) is 3.89. The Bertz CT molecular complexity index is 563. The number of benzene rings is 1. The molecule has 4 nitrogen and oxygen atoms in total. The van der Waals surface area contributed by atoms with Crippen LogP contribution in [0, 0.1) is 0 Å². The van der Waals surface area contributed by atoms with Gasteiger partial charge < -0.3 is 10.4 Å². The number of nitrogens with zero attached hydrogens (tertiary/aromatic N) is 1. The minimum atomic E-state index is -0.837. The van der Waals surface area contributed by atoms with E-state index in [1.165, 1.54) is 11.8 Å². The average molecular weight is 310 g/mol. The molecule has 0 radical (unpaired) electrons. The van der Waals surface area contributed by atoms with Crippen molar-refractivity contribution in [3.05, 3.63) is 24.3 Å². The number of aliphatic hydroxyl groups is 1. The standard InChI is InChI=1S/C14H18N2O2S2/c1-3-14(2,18)9-15-12(17)8-19-13-16-10-6-4-5-7-11(10)20-13/h4-7,18H,3,8-9H2,1-2H3,(H,15,17). The molecule has 2 aromatic rings. The molecule has 1 unspecified atom stereocenters. The summed E-state index contributed by atoms with van der Waals surface area (Å²) in [5.41, 5.74) is 0.130. The molecule has 1 aromatic carbocycles. The van der Waals surface area contributed by atoms with E-state index in [1.54, 1.807) is 18.3 Å². The molecule has 20 heavy (non-hydrogen) atoms. The van der Waals surface area contributed by atoms with Crippen molar-refractivity contribution in [3.8, 4) is 0 Å². The number of carbonyl (C=O) groups is 1. The van der Waals surface area contributed by atoms with Crippen LogP contribution in [-0.2, 0) is 4.79 Å². The first-order valence-electron chi connectivity index (χ1n) is 6.47. The maximum absolute atomic E-state index is 11.7. The van der Waals surface area contributed by atoms with Crippen LogP contribution in [0.5, 0.6) is 0 Å². The number of thioether (sulfide) groups is 1. The first-order chi connectivity index (χ1) is 9.50. The van der Waals surface area contributed by atoms with Crippen LogP contribution in [0.15, 0.2) is 28.6 Å². The second-order valence-electron chi connectivity index (χ2n) is 4.86. The number of para-hydroxylation sites is 1. The van der Waals surface area contributed by atoms with Gasteiger partial charge in [0.1, 0.15) is 0 Å². The van der Waals surface area contributed by atoms with E-state index in [1.807, 2.05) is 31.2 Å². The smallest absolute Gasteiger partial charge is 0.230 e. The summed E-state index contributed by atoms with van der Waals surface area (Å²) in [6, 6.07) is 7.93. The number of amides is 1. The highest BCUT2D eigenvalue weighted by molar-refractivity contribution is 8.01. The first-order valence-corrected chi connectivity index (χ1v) is 8.28. The van der Waals surface area contributed by atoms with Gasteiger partial charge in [-0.1, -0.05) is 30.8 Å². The zero-order valence-corrected chi connectivity index (χ0v) is 13.2. The Hall–Kier alpha value is -1.11. The second kappa shape index (κ2) is 6.56. The molecule has 0 bridgehead atoms. The molecule has 1 amide bonds. The Morgan fingerprint density at radius 2 is 2.25 bits per heavy atom. The van der Waals surface area contributed by atoms with E-state index in [9.17, 15) is 9.90 Å². The number of thiazole rings is 1. The van der Waals surface area contributed by atoms with Crippen LogP contribution < -0.4 is 5.32 Å². The molecule has 2 rings (SSSR count). The fraction of sp³-hybridized carbons (Fsp3) is 0.429. The summed E-state index contributed by atoms with van der Waals surface area (Å²) in [4.78, 5) is 16.2. The van der Waals surface area contributed by atoms with Gasteiger partial charge in [0.2, 0.25) is 5.91 Å². The highest BCUT2D eigenvalue weighted by atomic mass is 32.2. The molecule has 0 spiro atoms. The largest absolute Gasteiger partial charge is 0.388 e. The molecular weight excluding hydrogens is 292 g/mol. The molecule has 0 saturated carbocycles. The van der Waals surface area contributed by atoms with Gasteiger partial charge in [0.05, 0.1) is 21.6 Å². The Morgan fingerprint density at radius 3 is 2.95 bits per heavy atom. The number of rotatable bonds is 6. The summed E-state index contributed by atoms with van der Waals surface area (Å²) in [6.07, 6.45) is 0.609. The lowest BCUT2D eigenvalue weighted by Gasteiger charge is -2.21. The van der Waals surface area contributed by atoms with Gasteiger partial charge in [-0.3, -0.25) is 4.79 Å². The molecule has 1 aromatic heterocycles. The van der Waals surface area contributed by atoms with Crippen molar-refractivity contribution < 1.29 is 9.90 Å². The van der Waals surface area contributed by atoms with E-state index in [-0.39, 0.29) is 12.5 Å². The lowest BCUT2D eigenvalue weighted by molar-refractivity contribution is -0.119. The maximum atomic E-state index is 11.7. The molecule has 0 aliphatic rings. The minimum Gasteiger partial charge on any atom is -0.388 e. The Labute approximate surface area is 126 Å². The lowest BCUT2D eigenvalue weighted by Crippen LogP contribution is -2.40. The topological polar surface area (TPSA) is 62.2 Å². The van der Waals surface area contributed by atoms with Crippen molar-refractivity contribution in [1.82, 2.24) is 10.3 Å². The van der Waals surface area contributed by atoms with Gasteiger partial charge in [0.15, 0.2) is 4.34 Å². The van der Waals surface area contributed by atoms with Crippen LogP contribution in [0.2, 0.25) is 0 Å². The number of hydrogen-bond acceptors (Lipinski definition) is 5. The van der Waals surface area contributed by atoms with Gasteiger partial charge >= 0.3 is 0 Å². The Morgan fingerprint density at radius 1 is 1.50 bits per heavy atom. The van der Waals surface area contributed by atoms with E-state index in [0.29, 0.717) is 12.2 Å². The van der Waals surface area contributed by atoms with E-state index in [0.717, 1.165) is 14.6 Å². The molecule has 1 atom stereocenters. The normalized spacial score (nSPS) is 14.2. The third-order valence-corrected chi connectivity index (χ3v) is 5.21. The summed E-state index contributed by atoms with van der Waals surface area (Å²) >= 11 is 3.02. The van der Waals surface area contributed by atoms with Crippen molar-refractivity contribution in [2.45, 2.75) is 30.2 Å². The van der Waals surface area contributed by atoms with Gasteiger partial charge in [-0.05, 0) is 25.5 Å². The number of nitrogens with one attached hydrogen (secondary N) is 1. The summed E-state index contributed by atoms with van der Waals surface area (Å²) in [5, 5.41) is 12.6. The van der Waals surface area contributed by atoms with Gasteiger partial charge in [-0.2, -0.15) is 0 Å². The van der Waals surface area contributed by atoms with Gasteiger partial charge in [0.25, 0.3) is 0 Å². The zero-order chi connectivity index (χ0) is 14.6. The predicted molar refractivity (Wildman–Crippen MR) is 84.3 cm³/mol. The second-order valence-corrected chi connectivity index (χ2v) is 7.12. The SMILES string of the molecule is CCC(C)(O)CNC(=O)CSc1nc2ccccc2s1. The van der Waals surface area contributed by atoms with Crippen LogP contribution >= 0.6 is 23.1 Å². The van der Waals surface area contributed by atoms with Crippen molar-refractivity contribution in [3.63, 3.8) is 0 Å². The molecule has 0 saturated heterocycles. The van der Waals surface area contributed by atoms with Gasteiger partial charge in [-0.25, -0.2) is 4.98 Å². The van der Waals surface area contributed by atoms with E-state index < -0.39 is 5.60 Å². The predicted octanol–water partition coefficient (Wildman–Crippen LogP) is 2.67. The van der Waals surface area contributed by atoms with Crippen molar-refractivity contribution >= 4 is 39.2 Å². The van der Waals surface area contributed by atoms with Crippen LogP contribution in [-0.4, -0.2) is 33.9 Å². The van der Waals surface area contributed by atoms with E-state index in [4.69, 9.17) is 0 Å².